The van der Waals surface area contributed by atoms with E-state index in [0.717, 1.165) is 0 Å². The van der Waals surface area contributed by atoms with Crippen molar-refractivity contribution in [3.8, 4) is 0 Å². The molecule has 0 bridgehead atoms. The summed E-state index contributed by atoms with van der Waals surface area (Å²) in [6.07, 6.45) is 0.135. The predicted molar refractivity (Wildman–Crippen MR) is 84.1 cm³/mol. The molecular weight excluding hydrogens is 264 g/mol. The fourth-order valence-electron chi connectivity index (χ4n) is 2.71. The van der Waals surface area contributed by atoms with Gasteiger partial charge >= 0.3 is 0 Å². The van der Waals surface area contributed by atoms with E-state index in [-0.39, 0.29) is 24.2 Å². The van der Waals surface area contributed by atoms with Crippen molar-refractivity contribution < 1.29 is 9.53 Å². The number of hydrogen-bond donors (Lipinski definition) is 1. The van der Waals surface area contributed by atoms with Crippen LogP contribution in [-0.4, -0.2) is 36.1 Å². The van der Waals surface area contributed by atoms with Crippen LogP contribution in [0.3, 0.4) is 0 Å². The summed E-state index contributed by atoms with van der Waals surface area (Å²) in [7, 11) is 0. The molecule has 1 saturated heterocycles. The van der Waals surface area contributed by atoms with E-state index < -0.39 is 0 Å². The van der Waals surface area contributed by atoms with E-state index in [4.69, 9.17) is 4.74 Å². The van der Waals surface area contributed by atoms with Crippen LogP contribution in [-0.2, 0) is 9.53 Å². The molecule has 1 aromatic rings. The number of carbonyl (C=O) groups excluding carboxylic acids is 1. The van der Waals surface area contributed by atoms with Crippen molar-refractivity contribution in [1.82, 2.24) is 10.2 Å². The van der Waals surface area contributed by atoms with Crippen molar-refractivity contribution >= 4 is 5.91 Å². The van der Waals surface area contributed by atoms with Crippen LogP contribution in [0.4, 0.5) is 0 Å². The maximum Gasteiger partial charge on any atom is 0.241 e. The zero-order valence-corrected chi connectivity index (χ0v) is 13.6. The van der Waals surface area contributed by atoms with Crippen LogP contribution in [0.2, 0.25) is 0 Å². The van der Waals surface area contributed by atoms with Gasteiger partial charge in [0.05, 0.1) is 18.8 Å². The molecule has 4 nitrogen and oxygen atoms in total. The van der Waals surface area contributed by atoms with Gasteiger partial charge in [-0.25, -0.2) is 0 Å². The first-order valence-corrected chi connectivity index (χ1v) is 7.65. The molecule has 1 aliphatic rings. The highest BCUT2D eigenvalue weighted by Gasteiger charge is 2.37. The third kappa shape index (κ3) is 3.63. The minimum absolute atomic E-state index is 0.0526. The molecule has 0 radical (unpaired) electrons. The minimum Gasteiger partial charge on any atom is -0.377 e. The van der Waals surface area contributed by atoms with Crippen molar-refractivity contribution in [1.29, 1.82) is 0 Å². The molecule has 1 fully saturated rings. The summed E-state index contributed by atoms with van der Waals surface area (Å²) in [4.78, 5) is 14.3. The van der Waals surface area contributed by atoms with Gasteiger partial charge in [-0.3, -0.25) is 10.1 Å². The van der Waals surface area contributed by atoms with Gasteiger partial charge in [-0.1, -0.05) is 23.8 Å². The van der Waals surface area contributed by atoms with E-state index in [1.165, 1.54) is 16.7 Å². The topological polar surface area (TPSA) is 41.6 Å². The summed E-state index contributed by atoms with van der Waals surface area (Å²) in [5, 5.41) is 3.40. The quantitative estimate of drug-likeness (QED) is 0.906. The smallest absolute Gasteiger partial charge is 0.241 e. The van der Waals surface area contributed by atoms with Crippen molar-refractivity contribution in [2.45, 2.75) is 52.9 Å². The largest absolute Gasteiger partial charge is 0.377 e. The van der Waals surface area contributed by atoms with Crippen LogP contribution in [0.25, 0.3) is 0 Å². The molecule has 116 valence electrons. The molecule has 1 aromatic carbocycles. The van der Waals surface area contributed by atoms with E-state index in [9.17, 15) is 4.79 Å². The van der Waals surface area contributed by atoms with Crippen LogP contribution >= 0.6 is 0 Å². The highest BCUT2D eigenvalue weighted by Crippen LogP contribution is 2.28. The van der Waals surface area contributed by atoms with Crippen LogP contribution in [0.15, 0.2) is 18.2 Å². The van der Waals surface area contributed by atoms with Crippen LogP contribution in [0, 0.1) is 13.8 Å². The molecule has 2 atom stereocenters. The lowest BCUT2D eigenvalue weighted by Gasteiger charge is -2.26. The number of amides is 1. The second kappa shape index (κ2) is 6.58. The minimum atomic E-state index is -0.144. The first-order valence-electron chi connectivity index (χ1n) is 7.65. The zero-order valence-electron chi connectivity index (χ0n) is 13.6. The standard InChI is InChI=1S/C17H26N2O2/c1-11(2)21-9-8-19-16(18-14(5)17(19)20)15-10-12(3)6-7-13(15)4/h6-7,10-11,14,16,18H,8-9H2,1-5H3. The van der Waals surface area contributed by atoms with E-state index >= 15 is 0 Å². The lowest BCUT2D eigenvalue weighted by atomic mass is 10.0. The number of nitrogens with one attached hydrogen (secondary N) is 1. The Morgan fingerprint density at radius 1 is 1.33 bits per heavy atom. The Labute approximate surface area is 127 Å². The number of nitrogens with zero attached hydrogens (tertiary/aromatic N) is 1. The van der Waals surface area contributed by atoms with Gasteiger partial charge in [0.1, 0.15) is 6.17 Å². The van der Waals surface area contributed by atoms with E-state index in [0.29, 0.717) is 13.2 Å². The van der Waals surface area contributed by atoms with Crippen LogP contribution in [0.1, 0.15) is 43.6 Å². The van der Waals surface area contributed by atoms with Crippen molar-refractivity contribution in [3.63, 3.8) is 0 Å². The second-order valence-electron chi connectivity index (χ2n) is 6.10. The van der Waals surface area contributed by atoms with Gasteiger partial charge in [0.2, 0.25) is 5.91 Å². The molecule has 0 saturated carbocycles. The van der Waals surface area contributed by atoms with Gasteiger partial charge in [-0.15, -0.1) is 0 Å². The summed E-state index contributed by atoms with van der Waals surface area (Å²) in [6, 6.07) is 6.23. The highest BCUT2D eigenvalue weighted by molar-refractivity contribution is 5.84. The Morgan fingerprint density at radius 3 is 2.71 bits per heavy atom. The van der Waals surface area contributed by atoms with Crippen molar-refractivity contribution in [2.75, 3.05) is 13.2 Å². The van der Waals surface area contributed by atoms with Crippen molar-refractivity contribution in [3.05, 3.63) is 34.9 Å². The number of carbonyl (C=O) groups is 1. The van der Waals surface area contributed by atoms with Crippen LogP contribution < -0.4 is 5.32 Å². The molecule has 21 heavy (non-hydrogen) atoms. The highest BCUT2D eigenvalue weighted by atomic mass is 16.5. The lowest BCUT2D eigenvalue weighted by molar-refractivity contribution is -0.130. The predicted octanol–water partition coefficient (Wildman–Crippen LogP) is 2.55. The van der Waals surface area contributed by atoms with Gasteiger partial charge in [0.25, 0.3) is 0 Å². The zero-order chi connectivity index (χ0) is 15.6. The molecule has 0 spiro atoms. The Kier molecular flexibility index (Phi) is 5.01. The SMILES string of the molecule is Cc1ccc(C)c(C2NC(C)C(=O)N2CCOC(C)C)c1. The van der Waals surface area contributed by atoms with Crippen LogP contribution in [0.5, 0.6) is 0 Å². The molecule has 2 unspecified atom stereocenters. The Hall–Kier alpha value is -1.39. The second-order valence-corrected chi connectivity index (χ2v) is 6.10. The third-order valence-electron chi connectivity index (χ3n) is 3.89. The summed E-state index contributed by atoms with van der Waals surface area (Å²) in [5.41, 5.74) is 3.59. The monoisotopic (exact) mass is 290 g/mol. The number of hydrogen-bond acceptors (Lipinski definition) is 3. The lowest BCUT2D eigenvalue weighted by Crippen LogP contribution is -2.34. The molecule has 1 heterocycles. The summed E-state index contributed by atoms with van der Waals surface area (Å²) >= 11 is 0. The molecule has 1 amide bonds. The maximum absolute atomic E-state index is 12.4. The Morgan fingerprint density at radius 2 is 2.05 bits per heavy atom. The normalized spacial score (nSPS) is 22.4. The Balaban J connectivity index is 2.19. The van der Waals surface area contributed by atoms with Gasteiger partial charge in [0, 0.05) is 6.54 Å². The van der Waals surface area contributed by atoms with E-state index in [1.54, 1.807) is 0 Å². The number of aryl methyl sites for hydroxylation is 2. The fourth-order valence-corrected chi connectivity index (χ4v) is 2.71. The fraction of sp³-hybridized carbons (Fsp3) is 0.588. The molecule has 2 rings (SSSR count). The average Bonchev–Trinajstić information content (AvgIpc) is 2.69. The van der Waals surface area contributed by atoms with Gasteiger partial charge in [-0.2, -0.15) is 0 Å². The average molecular weight is 290 g/mol. The molecule has 1 aliphatic heterocycles. The van der Waals surface area contributed by atoms with Crippen molar-refractivity contribution in [2.24, 2.45) is 0 Å². The molecule has 1 N–H and O–H groups in total. The summed E-state index contributed by atoms with van der Waals surface area (Å²) in [5.74, 6) is 0.147. The summed E-state index contributed by atoms with van der Waals surface area (Å²) in [6.45, 7) is 11.3. The van der Waals surface area contributed by atoms with Gasteiger partial charge in [-0.05, 0) is 45.7 Å². The van der Waals surface area contributed by atoms with Gasteiger partial charge in [0.15, 0.2) is 0 Å². The Bertz CT molecular complexity index is 514. The molecule has 4 heteroatoms. The van der Waals surface area contributed by atoms with E-state index in [2.05, 4.69) is 37.4 Å². The number of benzene rings is 1. The molecule has 0 aromatic heterocycles. The first kappa shape index (κ1) is 16.0. The maximum atomic E-state index is 12.4. The molecular formula is C17H26N2O2. The molecule has 0 aliphatic carbocycles. The number of rotatable bonds is 5. The van der Waals surface area contributed by atoms with E-state index in [1.807, 2.05) is 25.7 Å². The van der Waals surface area contributed by atoms with Gasteiger partial charge < -0.3 is 9.64 Å². The first-order chi connectivity index (χ1) is 9.90. The summed E-state index contributed by atoms with van der Waals surface area (Å²) < 4.78 is 5.60. The number of ether oxygens (including phenoxy) is 1. The third-order valence-corrected chi connectivity index (χ3v) is 3.89.